The molecule has 2 N–H and O–H groups in total. The average Bonchev–Trinajstić information content (AvgIpc) is 2.86. The number of rotatable bonds is 5. The first-order valence-corrected chi connectivity index (χ1v) is 10.5. The number of nitrogens with two attached hydrogens (primary N) is 1. The third-order valence-electron chi connectivity index (χ3n) is 3.87. The maximum absolute atomic E-state index is 13.0. The van der Waals surface area contributed by atoms with E-state index in [0.717, 1.165) is 0 Å². The summed E-state index contributed by atoms with van der Waals surface area (Å²) in [4.78, 5) is 0.128. The molecule has 6 nitrogen and oxygen atoms in total. The second-order valence-corrected chi connectivity index (χ2v) is 9.60. The first kappa shape index (κ1) is 19.7. The van der Waals surface area contributed by atoms with Crippen LogP contribution in [0.3, 0.4) is 0 Å². The largest absolute Gasteiger partial charge is 0.492 e. The Balaban J connectivity index is 0.00000225. The summed E-state index contributed by atoms with van der Waals surface area (Å²) < 4.78 is 55.8. The zero-order chi connectivity index (χ0) is 17.4. The lowest BCUT2D eigenvalue weighted by Crippen LogP contribution is -2.16. The van der Waals surface area contributed by atoms with Crippen molar-refractivity contribution in [1.29, 1.82) is 0 Å². The molecular formula is C16H18ClNO5S2. The lowest BCUT2D eigenvalue weighted by molar-refractivity contribution is 0.327. The van der Waals surface area contributed by atoms with Gasteiger partial charge in [0.2, 0.25) is 0 Å². The average molecular weight is 404 g/mol. The Labute approximate surface area is 153 Å². The molecule has 0 bridgehead atoms. The van der Waals surface area contributed by atoms with E-state index in [2.05, 4.69) is 0 Å². The Kier molecular flexibility index (Phi) is 5.78. The predicted octanol–water partition coefficient (Wildman–Crippen LogP) is 1.75. The lowest BCUT2D eigenvalue weighted by atomic mass is 10.2. The number of fused-ring (bicyclic) bond motifs is 1. The summed E-state index contributed by atoms with van der Waals surface area (Å²) >= 11 is 0. The van der Waals surface area contributed by atoms with Crippen molar-refractivity contribution in [3.8, 4) is 5.75 Å². The Hall–Kier alpha value is -1.61. The minimum absolute atomic E-state index is 0. The van der Waals surface area contributed by atoms with E-state index in [-0.39, 0.29) is 28.8 Å². The fourth-order valence-electron chi connectivity index (χ4n) is 2.75. The maximum Gasteiger partial charge on any atom is 0.186 e. The van der Waals surface area contributed by atoms with Crippen molar-refractivity contribution in [2.24, 2.45) is 5.73 Å². The number of sulfone groups is 2. The van der Waals surface area contributed by atoms with Gasteiger partial charge in [-0.1, -0.05) is 24.3 Å². The Morgan fingerprint density at radius 1 is 1.12 bits per heavy atom. The van der Waals surface area contributed by atoms with E-state index in [9.17, 15) is 16.8 Å². The molecule has 1 heterocycles. The second kappa shape index (κ2) is 7.33. The predicted molar refractivity (Wildman–Crippen MR) is 96.7 cm³/mol. The van der Waals surface area contributed by atoms with E-state index in [4.69, 9.17) is 10.5 Å². The van der Waals surface area contributed by atoms with Crippen LogP contribution in [-0.4, -0.2) is 35.7 Å². The summed E-state index contributed by atoms with van der Waals surface area (Å²) in [6, 6.07) is 12.3. The highest BCUT2D eigenvalue weighted by molar-refractivity contribution is 7.96. The molecule has 2 aromatic carbocycles. The maximum atomic E-state index is 13.0. The molecule has 0 saturated carbocycles. The molecule has 1 unspecified atom stereocenters. The third kappa shape index (κ3) is 3.67. The van der Waals surface area contributed by atoms with Crippen molar-refractivity contribution in [3.05, 3.63) is 54.1 Å². The molecule has 0 saturated heterocycles. The normalized spacial score (nSPS) is 18.2. The summed E-state index contributed by atoms with van der Waals surface area (Å²) in [5, 5.41) is -1.11. The number of ether oxygens (including phenoxy) is 1. The highest BCUT2D eigenvalue weighted by Gasteiger charge is 2.42. The van der Waals surface area contributed by atoms with E-state index in [1.165, 1.54) is 18.2 Å². The molecule has 0 spiro atoms. The molecule has 0 aromatic heterocycles. The topological polar surface area (TPSA) is 104 Å². The van der Waals surface area contributed by atoms with Crippen LogP contribution in [0, 0.1) is 0 Å². The highest BCUT2D eigenvalue weighted by atomic mass is 35.5. The zero-order valence-electron chi connectivity index (χ0n) is 13.2. The van der Waals surface area contributed by atoms with Crippen LogP contribution in [0.25, 0.3) is 0 Å². The van der Waals surface area contributed by atoms with Crippen LogP contribution in [0.5, 0.6) is 5.75 Å². The summed E-state index contributed by atoms with van der Waals surface area (Å²) in [5.74, 6) is -0.0570. The second-order valence-electron chi connectivity index (χ2n) is 5.46. The van der Waals surface area contributed by atoms with Gasteiger partial charge in [-0.3, -0.25) is 0 Å². The van der Waals surface area contributed by atoms with Crippen LogP contribution in [0.1, 0.15) is 10.8 Å². The van der Waals surface area contributed by atoms with Crippen molar-refractivity contribution in [3.63, 3.8) is 0 Å². The van der Waals surface area contributed by atoms with Gasteiger partial charge in [0, 0.05) is 6.54 Å². The van der Waals surface area contributed by atoms with Gasteiger partial charge in [0.25, 0.3) is 0 Å². The molecule has 0 fully saturated rings. The molecule has 0 amide bonds. The van der Waals surface area contributed by atoms with E-state index in [0.29, 0.717) is 17.9 Å². The Bertz CT molecular complexity index is 974. The molecule has 1 atom stereocenters. The summed E-state index contributed by atoms with van der Waals surface area (Å²) in [7, 11) is -7.46. The highest BCUT2D eigenvalue weighted by Crippen LogP contribution is 2.41. The van der Waals surface area contributed by atoms with Gasteiger partial charge in [0.1, 0.15) is 17.6 Å². The van der Waals surface area contributed by atoms with Gasteiger partial charge in [-0.15, -0.1) is 12.4 Å². The fourth-order valence-corrected chi connectivity index (χ4v) is 7.11. The standard InChI is InChI=1S/C16H17NO5S2.ClH/c17-8-9-22-12-4-3-5-13(10-12)24(20,21)16-11-23(18,19)15-7-2-1-6-14(15)16;/h1-7,10,16H,8-9,11,17H2;1H. The van der Waals surface area contributed by atoms with Crippen molar-refractivity contribution in [2.75, 3.05) is 18.9 Å². The monoisotopic (exact) mass is 403 g/mol. The molecule has 1 aliphatic heterocycles. The van der Waals surface area contributed by atoms with Gasteiger partial charge >= 0.3 is 0 Å². The van der Waals surface area contributed by atoms with E-state index in [1.54, 1.807) is 30.3 Å². The summed E-state index contributed by atoms with van der Waals surface area (Å²) in [5.41, 5.74) is 5.70. The van der Waals surface area contributed by atoms with Gasteiger partial charge in [-0.05, 0) is 29.8 Å². The minimum Gasteiger partial charge on any atom is -0.492 e. The number of hydrogen-bond donors (Lipinski definition) is 1. The van der Waals surface area contributed by atoms with Crippen LogP contribution in [0.4, 0.5) is 0 Å². The molecule has 2 aromatic rings. The van der Waals surface area contributed by atoms with E-state index < -0.39 is 30.7 Å². The molecule has 3 rings (SSSR count). The van der Waals surface area contributed by atoms with Crippen molar-refractivity contribution >= 4 is 32.1 Å². The molecule has 136 valence electrons. The Morgan fingerprint density at radius 2 is 1.84 bits per heavy atom. The van der Waals surface area contributed by atoms with Crippen molar-refractivity contribution < 1.29 is 21.6 Å². The number of hydrogen-bond acceptors (Lipinski definition) is 6. The van der Waals surface area contributed by atoms with E-state index in [1.807, 2.05) is 0 Å². The quantitative estimate of drug-likeness (QED) is 0.815. The molecular weight excluding hydrogens is 386 g/mol. The van der Waals surface area contributed by atoms with Crippen LogP contribution >= 0.6 is 12.4 Å². The van der Waals surface area contributed by atoms with Crippen molar-refractivity contribution in [2.45, 2.75) is 15.0 Å². The van der Waals surface area contributed by atoms with Crippen molar-refractivity contribution in [1.82, 2.24) is 0 Å². The van der Waals surface area contributed by atoms with Crippen LogP contribution in [0.2, 0.25) is 0 Å². The lowest BCUT2D eigenvalue weighted by Gasteiger charge is -2.13. The third-order valence-corrected chi connectivity index (χ3v) is 7.97. The van der Waals surface area contributed by atoms with Crippen LogP contribution in [0.15, 0.2) is 58.3 Å². The molecule has 0 aliphatic carbocycles. The molecule has 1 aliphatic rings. The first-order valence-electron chi connectivity index (χ1n) is 7.35. The fraction of sp³-hybridized carbons (Fsp3) is 0.250. The summed E-state index contributed by atoms with van der Waals surface area (Å²) in [6.45, 7) is 0.579. The zero-order valence-corrected chi connectivity index (χ0v) is 15.6. The first-order chi connectivity index (χ1) is 11.4. The smallest absolute Gasteiger partial charge is 0.186 e. The van der Waals surface area contributed by atoms with Gasteiger partial charge in [0.15, 0.2) is 19.7 Å². The van der Waals surface area contributed by atoms with E-state index >= 15 is 0 Å². The molecule has 9 heteroatoms. The Morgan fingerprint density at radius 3 is 2.56 bits per heavy atom. The van der Waals surface area contributed by atoms with Gasteiger partial charge in [-0.25, -0.2) is 16.8 Å². The van der Waals surface area contributed by atoms with Crippen LogP contribution in [-0.2, 0) is 19.7 Å². The summed E-state index contributed by atoms with van der Waals surface area (Å²) in [6.07, 6.45) is 0. The van der Waals surface area contributed by atoms with Crippen LogP contribution < -0.4 is 10.5 Å². The number of benzene rings is 2. The molecule has 25 heavy (non-hydrogen) atoms. The van der Waals surface area contributed by atoms with Gasteiger partial charge in [0.05, 0.1) is 15.5 Å². The molecule has 0 radical (unpaired) electrons. The van der Waals surface area contributed by atoms with Gasteiger partial charge in [-0.2, -0.15) is 0 Å². The number of halogens is 1. The van der Waals surface area contributed by atoms with Gasteiger partial charge < -0.3 is 10.5 Å². The SMILES string of the molecule is Cl.NCCOc1cccc(S(=O)(=O)C2CS(=O)(=O)c3ccccc32)c1. The minimum atomic E-state index is -3.86.